The van der Waals surface area contributed by atoms with Crippen LogP contribution in [-0.2, 0) is 0 Å². The van der Waals surface area contributed by atoms with Crippen LogP contribution in [0.1, 0.15) is 5.56 Å². The summed E-state index contributed by atoms with van der Waals surface area (Å²) in [5, 5.41) is 33.9. The van der Waals surface area contributed by atoms with E-state index < -0.39 is 0 Å². The van der Waals surface area contributed by atoms with Gasteiger partial charge in [0.2, 0.25) is 0 Å². The number of allylic oxidation sites excluding steroid dienone is 2. The molecule has 106 valence electrons. The Morgan fingerprint density at radius 1 is 1.23 bits per heavy atom. The molecule has 2 aromatic rings. The zero-order valence-corrected chi connectivity index (χ0v) is 12.3. The van der Waals surface area contributed by atoms with Crippen LogP contribution < -0.4 is 5.32 Å². The van der Waals surface area contributed by atoms with Crippen LogP contribution in [0.25, 0.3) is 5.69 Å². The fourth-order valence-electron chi connectivity index (χ4n) is 1.74. The molecule has 0 spiro atoms. The van der Waals surface area contributed by atoms with E-state index in [0.717, 1.165) is 5.56 Å². The van der Waals surface area contributed by atoms with E-state index in [1.165, 1.54) is 0 Å². The SMILES string of the molecule is Cc1cnn(-c2ccc(NC(C#N)=C(C#N)C#N)cc2Cl)c1. The molecule has 1 heterocycles. The molecule has 0 aliphatic heterocycles. The number of hydrogen-bond donors (Lipinski definition) is 1. The van der Waals surface area contributed by atoms with Gasteiger partial charge < -0.3 is 5.32 Å². The zero-order chi connectivity index (χ0) is 16.1. The maximum Gasteiger partial charge on any atom is 0.163 e. The first kappa shape index (κ1) is 15.1. The summed E-state index contributed by atoms with van der Waals surface area (Å²) < 4.78 is 1.64. The molecule has 6 nitrogen and oxygen atoms in total. The van der Waals surface area contributed by atoms with Crippen molar-refractivity contribution in [3.8, 4) is 23.9 Å². The van der Waals surface area contributed by atoms with Crippen LogP contribution >= 0.6 is 11.6 Å². The molecule has 0 unspecified atom stereocenters. The van der Waals surface area contributed by atoms with Gasteiger partial charge >= 0.3 is 0 Å². The van der Waals surface area contributed by atoms with Crippen molar-refractivity contribution in [3.05, 3.63) is 52.4 Å². The van der Waals surface area contributed by atoms with Gasteiger partial charge in [0.05, 0.1) is 16.9 Å². The monoisotopic (exact) mass is 308 g/mol. The highest BCUT2D eigenvalue weighted by molar-refractivity contribution is 6.32. The number of nitrogens with one attached hydrogen (secondary N) is 1. The van der Waals surface area contributed by atoms with Gasteiger partial charge in [-0.25, -0.2) is 4.68 Å². The van der Waals surface area contributed by atoms with Crippen LogP contribution in [0.5, 0.6) is 0 Å². The number of nitriles is 3. The van der Waals surface area contributed by atoms with Gasteiger partial charge in [0, 0.05) is 11.9 Å². The number of aromatic nitrogens is 2. The Hall–Kier alpha value is -3.27. The van der Waals surface area contributed by atoms with Crippen molar-refractivity contribution >= 4 is 17.3 Å². The van der Waals surface area contributed by atoms with Crippen molar-refractivity contribution in [1.82, 2.24) is 9.78 Å². The van der Waals surface area contributed by atoms with Gasteiger partial charge in [-0.1, -0.05) is 11.6 Å². The van der Waals surface area contributed by atoms with Gasteiger partial charge in [-0.05, 0) is 30.7 Å². The van der Waals surface area contributed by atoms with Crippen LogP contribution in [0.2, 0.25) is 5.02 Å². The highest BCUT2D eigenvalue weighted by atomic mass is 35.5. The molecule has 0 aliphatic rings. The predicted octanol–water partition coefficient (Wildman–Crippen LogP) is 3.07. The van der Waals surface area contributed by atoms with Gasteiger partial charge in [0.1, 0.15) is 23.9 Å². The molecule has 0 atom stereocenters. The number of benzene rings is 1. The molecule has 0 amide bonds. The van der Waals surface area contributed by atoms with E-state index in [9.17, 15) is 0 Å². The van der Waals surface area contributed by atoms with E-state index in [1.54, 1.807) is 47.3 Å². The summed E-state index contributed by atoms with van der Waals surface area (Å²) in [7, 11) is 0. The lowest BCUT2D eigenvalue weighted by Crippen LogP contribution is -2.02. The summed E-state index contributed by atoms with van der Waals surface area (Å²) in [5.41, 5.74) is 1.77. The normalized spacial score (nSPS) is 9.23. The molecule has 7 heteroatoms. The number of halogens is 1. The molecule has 1 aromatic carbocycles. The second kappa shape index (κ2) is 6.45. The molecule has 0 bridgehead atoms. The summed E-state index contributed by atoms with van der Waals surface area (Å²) in [6, 6.07) is 10.1. The van der Waals surface area contributed by atoms with Gasteiger partial charge in [-0.15, -0.1) is 0 Å². The van der Waals surface area contributed by atoms with Crippen molar-refractivity contribution < 1.29 is 0 Å². The van der Waals surface area contributed by atoms with Crippen LogP contribution in [0.3, 0.4) is 0 Å². The Morgan fingerprint density at radius 2 is 1.95 bits per heavy atom. The maximum absolute atomic E-state index is 9.00. The molecule has 0 saturated heterocycles. The molecule has 0 fully saturated rings. The molecule has 2 rings (SSSR count). The highest BCUT2D eigenvalue weighted by Crippen LogP contribution is 2.25. The second-order valence-electron chi connectivity index (χ2n) is 4.34. The number of nitrogens with zero attached hydrogens (tertiary/aromatic N) is 5. The number of hydrogen-bond acceptors (Lipinski definition) is 5. The number of anilines is 1. The minimum absolute atomic E-state index is 0.122. The molecule has 1 aromatic heterocycles. The second-order valence-corrected chi connectivity index (χ2v) is 4.75. The number of aryl methyl sites for hydroxylation is 1. The molecule has 0 saturated carbocycles. The third-order valence-electron chi connectivity index (χ3n) is 2.76. The first-order chi connectivity index (χ1) is 10.6. The van der Waals surface area contributed by atoms with Gasteiger partial charge in [-0.2, -0.15) is 20.9 Å². The van der Waals surface area contributed by atoms with Gasteiger partial charge in [0.25, 0.3) is 0 Å². The Bertz CT molecular complexity index is 857. The average molecular weight is 309 g/mol. The van der Waals surface area contributed by atoms with E-state index in [2.05, 4.69) is 10.4 Å². The lowest BCUT2D eigenvalue weighted by Gasteiger charge is -2.08. The van der Waals surface area contributed by atoms with Crippen LogP contribution in [0, 0.1) is 40.9 Å². The minimum Gasteiger partial charge on any atom is -0.345 e. The Labute approximate surface area is 132 Å². The number of rotatable bonds is 3. The maximum atomic E-state index is 9.00. The fraction of sp³-hybridized carbons (Fsp3) is 0.0667. The van der Waals surface area contributed by atoms with E-state index in [0.29, 0.717) is 16.4 Å². The van der Waals surface area contributed by atoms with Crippen LogP contribution in [0.4, 0.5) is 5.69 Å². The highest BCUT2D eigenvalue weighted by Gasteiger charge is 2.09. The predicted molar refractivity (Wildman–Crippen MR) is 80.8 cm³/mol. The van der Waals surface area contributed by atoms with Crippen molar-refractivity contribution in [2.45, 2.75) is 6.92 Å². The first-order valence-electron chi connectivity index (χ1n) is 6.12. The van der Waals surface area contributed by atoms with Crippen molar-refractivity contribution in [2.75, 3.05) is 5.32 Å². The third-order valence-corrected chi connectivity index (χ3v) is 3.06. The van der Waals surface area contributed by atoms with Crippen LogP contribution in [0.15, 0.2) is 41.9 Å². The quantitative estimate of drug-likeness (QED) is 0.878. The summed E-state index contributed by atoms with van der Waals surface area (Å²) in [6.07, 6.45) is 3.55. The average Bonchev–Trinajstić information content (AvgIpc) is 2.93. The molecule has 0 radical (unpaired) electrons. The van der Waals surface area contributed by atoms with Crippen molar-refractivity contribution in [1.29, 1.82) is 15.8 Å². The topological polar surface area (TPSA) is 101 Å². The van der Waals surface area contributed by atoms with Gasteiger partial charge in [0.15, 0.2) is 5.57 Å². The largest absolute Gasteiger partial charge is 0.345 e. The Balaban J connectivity index is 2.35. The molecule has 22 heavy (non-hydrogen) atoms. The van der Waals surface area contributed by atoms with Crippen molar-refractivity contribution in [3.63, 3.8) is 0 Å². The van der Waals surface area contributed by atoms with E-state index in [4.69, 9.17) is 27.4 Å². The lowest BCUT2D eigenvalue weighted by atomic mass is 10.2. The lowest BCUT2D eigenvalue weighted by molar-refractivity contribution is 0.880. The smallest absolute Gasteiger partial charge is 0.163 e. The minimum atomic E-state index is -0.287. The molecule has 1 N–H and O–H groups in total. The Kier molecular flexibility index (Phi) is 4.44. The summed E-state index contributed by atoms with van der Waals surface area (Å²) in [6.45, 7) is 1.92. The summed E-state index contributed by atoms with van der Waals surface area (Å²) in [4.78, 5) is 0. The van der Waals surface area contributed by atoms with Crippen molar-refractivity contribution in [2.24, 2.45) is 0 Å². The third kappa shape index (κ3) is 3.07. The van der Waals surface area contributed by atoms with E-state index >= 15 is 0 Å². The van der Waals surface area contributed by atoms with E-state index in [1.807, 2.05) is 13.1 Å². The van der Waals surface area contributed by atoms with Gasteiger partial charge in [-0.3, -0.25) is 0 Å². The standard InChI is InChI=1S/C15H9ClN6/c1-10-8-20-22(9-10)15-3-2-12(4-13(15)16)21-14(7-19)11(5-17)6-18/h2-4,8-9,21H,1H3. The summed E-state index contributed by atoms with van der Waals surface area (Å²) in [5.74, 6) is 0. The molecular formula is C15H9ClN6. The van der Waals surface area contributed by atoms with E-state index in [-0.39, 0.29) is 11.3 Å². The summed E-state index contributed by atoms with van der Waals surface area (Å²) >= 11 is 6.22. The molecule has 0 aliphatic carbocycles. The fourth-order valence-corrected chi connectivity index (χ4v) is 2.01. The first-order valence-corrected chi connectivity index (χ1v) is 6.49. The zero-order valence-electron chi connectivity index (χ0n) is 11.5. The Morgan fingerprint density at radius 3 is 2.45 bits per heavy atom. The van der Waals surface area contributed by atoms with Crippen LogP contribution in [-0.4, -0.2) is 9.78 Å². The molecular weight excluding hydrogens is 300 g/mol.